The maximum atomic E-state index is 11.4. The molecular formula is C12H24IN3O2S. The lowest BCUT2D eigenvalue weighted by atomic mass is 10.3. The molecule has 1 heterocycles. The van der Waals surface area contributed by atoms with Gasteiger partial charge in [0.05, 0.1) is 11.5 Å². The highest BCUT2D eigenvalue weighted by Gasteiger charge is 2.28. The van der Waals surface area contributed by atoms with E-state index < -0.39 is 9.84 Å². The molecule has 0 bridgehead atoms. The van der Waals surface area contributed by atoms with Gasteiger partial charge in [0.25, 0.3) is 0 Å². The Kier molecular flexibility index (Phi) is 9.42. The highest BCUT2D eigenvalue weighted by Crippen LogP contribution is 2.10. The van der Waals surface area contributed by atoms with E-state index in [1.807, 2.05) is 19.9 Å². The summed E-state index contributed by atoms with van der Waals surface area (Å²) in [6.45, 7) is 5.46. The number of hydrogen-bond acceptors (Lipinski definition) is 3. The van der Waals surface area contributed by atoms with Crippen LogP contribution in [0.5, 0.6) is 0 Å². The molecule has 0 aromatic rings. The van der Waals surface area contributed by atoms with Crippen molar-refractivity contribution in [1.82, 2.24) is 10.6 Å². The summed E-state index contributed by atoms with van der Waals surface area (Å²) < 4.78 is 22.7. The lowest BCUT2D eigenvalue weighted by Crippen LogP contribution is -2.44. The summed E-state index contributed by atoms with van der Waals surface area (Å²) >= 11 is 0. The summed E-state index contributed by atoms with van der Waals surface area (Å²) in [5, 5.41) is 6.32. The number of nitrogens with zero attached hydrogens (tertiary/aromatic N) is 1. The van der Waals surface area contributed by atoms with Gasteiger partial charge in [-0.05, 0) is 26.7 Å². The van der Waals surface area contributed by atoms with Gasteiger partial charge in [-0.1, -0.05) is 12.2 Å². The molecule has 1 aliphatic heterocycles. The Balaban J connectivity index is 0.00000324. The second-order valence-electron chi connectivity index (χ2n) is 4.36. The van der Waals surface area contributed by atoms with Crippen molar-refractivity contribution in [2.24, 2.45) is 4.99 Å². The third-order valence-corrected chi connectivity index (χ3v) is 4.49. The van der Waals surface area contributed by atoms with E-state index in [1.54, 1.807) is 0 Å². The topological polar surface area (TPSA) is 70.6 Å². The molecule has 2 N–H and O–H groups in total. The van der Waals surface area contributed by atoms with Crippen molar-refractivity contribution in [2.75, 3.05) is 24.6 Å². The van der Waals surface area contributed by atoms with Crippen LogP contribution in [0.25, 0.3) is 0 Å². The van der Waals surface area contributed by atoms with Gasteiger partial charge < -0.3 is 10.6 Å². The first-order chi connectivity index (χ1) is 8.57. The molecule has 19 heavy (non-hydrogen) atoms. The largest absolute Gasteiger partial charge is 0.357 e. The lowest BCUT2D eigenvalue weighted by molar-refractivity contribution is 0.599. The van der Waals surface area contributed by atoms with E-state index in [4.69, 9.17) is 0 Å². The van der Waals surface area contributed by atoms with Gasteiger partial charge >= 0.3 is 0 Å². The average Bonchev–Trinajstić information content (AvgIpc) is 2.64. The maximum absolute atomic E-state index is 11.4. The molecular weight excluding hydrogens is 377 g/mol. The van der Waals surface area contributed by atoms with Gasteiger partial charge in [-0.15, -0.1) is 24.0 Å². The molecule has 1 rings (SSSR count). The third kappa shape index (κ3) is 7.76. The van der Waals surface area contributed by atoms with Gasteiger partial charge in [-0.2, -0.15) is 0 Å². The molecule has 0 aromatic heterocycles. The van der Waals surface area contributed by atoms with Gasteiger partial charge in [-0.25, -0.2) is 8.42 Å². The Morgan fingerprint density at radius 3 is 2.74 bits per heavy atom. The highest BCUT2D eigenvalue weighted by molar-refractivity contribution is 14.0. The third-order valence-electron chi connectivity index (χ3n) is 2.72. The van der Waals surface area contributed by atoms with E-state index in [0.717, 1.165) is 13.0 Å². The fraction of sp³-hybridized carbons (Fsp3) is 0.750. The van der Waals surface area contributed by atoms with Crippen LogP contribution in [0, 0.1) is 0 Å². The summed E-state index contributed by atoms with van der Waals surface area (Å²) in [4.78, 5) is 4.41. The van der Waals surface area contributed by atoms with Crippen LogP contribution >= 0.6 is 24.0 Å². The van der Waals surface area contributed by atoms with Crippen LogP contribution in [-0.2, 0) is 9.84 Å². The number of rotatable bonds is 5. The fourth-order valence-electron chi connectivity index (χ4n) is 1.84. The highest BCUT2D eigenvalue weighted by atomic mass is 127. The molecule has 7 heteroatoms. The van der Waals surface area contributed by atoms with Crippen LogP contribution in [0.2, 0.25) is 0 Å². The van der Waals surface area contributed by atoms with Crippen LogP contribution in [0.15, 0.2) is 17.1 Å². The van der Waals surface area contributed by atoms with E-state index in [-0.39, 0.29) is 41.5 Å². The monoisotopic (exact) mass is 401 g/mol. The first kappa shape index (κ1) is 18.7. The quantitative estimate of drug-likeness (QED) is 0.240. The molecule has 1 atom stereocenters. The van der Waals surface area contributed by atoms with Crippen molar-refractivity contribution in [3.63, 3.8) is 0 Å². The van der Waals surface area contributed by atoms with Crippen LogP contribution < -0.4 is 10.6 Å². The van der Waals surface area contributed by atoms with E-state index in [1.165, 1.54) is 0 Å². The Labute approximate surface area is 133 Å². The number of sulfone groups is 1. The number of allylic oxidation sites excluding steroid dienone is 1. The smallest absolute Gasteiger partial charge is 0.191 e. The van der Waals surface area contributed by atoms with Crippen LogP contribution in [0.4, 0.5) is 0 Å². The average molecular weight is 401 g/mol. The number of nitrogens with one attached hydrogen (secondary N) is 2. The van der Waals surface area contributed by atoms with E-state index in [9.17, 15) is 8.42 Å². The minimum atomic E-state index is -2.84. The summed E-state index contributed by atoms with van der Waals surface area (Å²) in [6.07, 6.45) is 5.63. The normalized spacial score (nSPS) is 22.2. The van der Waals surface area contributed by atoms with Crippen molar-refractivity contribution >= 4 is 39.8 Å². The van der Waals surface area contributed by atoms with Crippen LogP contribution in [0.1, 0.15) is 26.7 Å². The summed E-state index contributed by atoms with van der Waals surface area (Å²) in [5.74, 6) is 1.21. The Bertz CT molecular complexity index is 407. The van der Waals surface area contributed by atoms with E-state index in [2.05, 4.69) is 21.7 Å². The minimum Gasteiger partial charge on any atom is -0.357 e. The van der Waals surface area contributed by atoms with Gasteiger partial charge in [0.15, 0.2) is 15.8 Å². The zero-order valence-corrected chi connectivity index (χ0v) is 14.7. The molecule has 1 aliphatic rings. The molecule has 0 saturated carbocycles. The summed E-state index contributed by atoms with van der Waals surface area (Å²) in [6, 6.07) is -0.00508. The van der Waals surface area contributed by atoms with Crippen molar-refractivity contribution < 1.29 is 8.42 Å². The van der Waals surface area contributed by atoms with Crippen molar-refractivity contribution in [3.8, 4) is 0 Å². The molecule has 1 unspecified atom stereocenters. The zero-order chi connectivity index (χ0) is 13.4. The molecule has 1 saturated heterocycles. The lowest BCUT2D eigenvalue weighted by Gasteiger charge is -2.15. The molecule has 112 valence electrons. The van der Waals surface area contributed by atoms with Gasteiger partial charge in [0, 0.05) is 19.1 Å². The summed E-state index contributed by atoms with van der Waals surface area (Å²) in [5.41, 5.74) is 0. The maximum Gasteiger partial charge on any atom is 0.191 e. The van der Waals surface area contributed by atoms with Gasteiger partial charge in [-0.3, -0.25) is 4.99 Å². The predicted octanol–water partition coefficient (Wildman–Crippen LogP) is 1.31. The standard InChI is InChI=1S/C12H23N3O2S.HI/c1-3-5-6-8-14-12(13-4-2)15-11-7-9-18(16,17)10-11;/h3,5,11H,4,6-10H2,1-2H3,(H2,13,14,15);1H. The van der Waals surface area contributed by atoms with Crippen molar-refractivity contribution in [3.05, 3.63) is 12.2 Å². The van der Waals surface area contributed by atoms with Crippen LogP contribution in [0.3, 0.4) is 0 Å². The number of hydrogen-bond donors (Lipinski definition) is 2. The number of guanidine groups is 1. The first-order valence-electron chi connectivity index (χ1n) is 6.44. The molecule has 0 spiro atoms. The van der Waals surface area contributed by atoms with Crippen molar-refractivity contribution in [1.29, 1.82) is 0 Å². The summed E-state index contributed by atoms with van der Waals surface area (Å²) in [7, 11) is -2.84. The Morgan fingerprint density at radius 2 is 2.21 bits per heavy atom. The van der Waals surface area contributed by atoms with E-state index in [0.29, 0.717) is 18.9 Å². The number of aliphatic imine (C=N–C) groups is 1. The van der Waals surface area contributed by atoms with E-state index >= 15 is 0 Å². The van der Waals surface area contributed by atoms with Crippen LogP contribution in [-0.4, -0.2) is 45.0 Å². The zero-order valence-electron chi connectivity index (χ0n) is 11.6. The van der Waals surface area contributed by atoms with Crippen molar-refractivity contribution in [2.45, 2.75) is 32.7 Å². The molecule has 0 aromatic carbocycles. The van der Waals surface area contributed by atoms with Gasteiger partial charge in [0.1, 0.15) is 0 Å². The molecule has 0 radical (unpaired) electrons. The van der Waals surface area contributed by atoms with Gasteiger partial charge in [0.2, 0.25) is 0 Å². The molecule has 5 nitrogen and oxygen atoms in total. The second kappa shape index (κ2) is 9.57. The minimum absolute atomic E-state index is 0. The Morgan fingerprint density at radius 1 is 1.47 bits per heavy atom. The number of halogens is 1. The second-order valence-corrected chi connectivity index (χ2v) is 6.59. The molecule has 0 aliphatic carbocycles. The molecule has 1 fully saturated rings. The fourth-order valence-corrected chi connectivity index (χ4v) is 3.51. The first-order valence-corrected chi connectivity index (χ1v) is 8.26. The Hall–Kier alpha value is -0.310. The predicted molar refractivity (Wildman–Crippen MR) is 91.0 cm³/mol. The SMILES string of the molecule is CC=CCCN=C(NCC)NC1CCS(=O)(=O)C1.I. The molecule has 0 amide bonds.